The Balaban J connectivity index is 2.36. The van der Waals surface area contributed by atoms with Crippen LogP contribution in [0, 0.1) is 11.7 Å². The van der Waals surface area contributed by atoms with Gasteiger partial charge in [0.1, 0.15) is 5.82 Å². The molecule has 0 saturated carbocycles. The monoisotopic (exact) mass is 292 g/mol. The molecule has 3 heteroatoms. The second kappa shape index (κ2) is 6.89. The van der Waals surface area contributed by atoms with Crippen LogP contribution in [0.1, 0.15) is 52.0 Å². The van der Waals surface area contributed by atoms with E-state index in [1.54, 1.807) is 0 Å². The maximum atomic E-state index is 13.3. The van der Waals surface area contributed by atoms with Gasteiger partial charge in [-0.3, -0.25) is 4.90 Å². The highest BCUT2D eigenvalue weighted by atomic mass is 19.1. The van der Waals surface area contributed by atoms with Crippen LogP contribution in [-0.4, -0.2) is 24.0 Å². The Labute approximate surface area is 128 Å². The van der Waals surface area contributed by atoms with E-state index in [1.165, 1.54) is 25.0 Å². The lowest BCUT2D eigenvalue weighted by Crippen LogP contribution is -2.56. The third kappa shape index (κ3) is 3.64. The average molecular weight is 292 g/mol. The van der Waals surface area contributed by atoms with Crippen molar-refractivity contribution in [1.29, 1.82) is 0 Å². The lowest BCUT2D eigenvalue weighted by atomic mass is 9.76. The first-order chi connectivity index (χ1) is 9.97. The van der Waals surface area contributed by atoms with Gasteiger partial charge in [-0.15, -0.1) is 0 Å². The highest BCUT2D eigenvalue weighted by Crippen LogP contribution is 2.35. The number of halogens is 1. The van der Waals surface area contributed by atoms with E-state index in [0.717, 1.165) is 31.5 Å². The van der Waals surface area contributed by atoms with Crippen LogP contribution >= 0.6 is 0 Å². The molecule has 0 bridgehead atoms. The van der Waals surface area contributed by atoms with Crippen molar-refractivity contribution in [2.75, 3.05) is 13.1 Å². The Bertz CT molecular complexity index is 437. The normalized spacial score (nSPS) is 20.7. The number of benzene rings is 1. The largest absolute Gasteiger partial charge is 0.320 e. The minimum absolute atomic E-state index is 0.195. The van der Waals surface area contributed by atoms with E-state index in [0.29, 0.717) is 12.0 Å². The van der Waals surface area contributed by atoms with Gasteiger partial charge in [-0.05, 0) is 62.4 Å². The molecule has 0 aliphatic carbocycles. The average Bonchev–Trinajstić information content (AvgIpc) is 2.93. The van der Waals surface area contributed by atoms with Crippen molar-refractivity contribution in [3.63, 3.8) is 0 Å². The summed E-state index contributed by atoms with van der Waals surface area (Å²) in [6.45, 7) is 8.91. The van der Waals surface area contributed by atoms with E-state index in [4.69, 9.17) is 5.73 Å². The van der Waals surface area contributed by atoms with E-state index < -0.39 is 5.54 Å². The van der Waals surface area contributed by atoms with E-state index in [-0.39, 0.29) is 5.82 Å². The lowest BCUT2D eigenvalue weighted by Gasteiger charge is -2.44. The second-order valence-electron chi connectivity index (χ2n) is 6.81. The molecule has 0 aromatic heterocycles. The van der Waals surface area contributed by atoms with Crippen molar-refractivity contribution in [3.8, 4) is 0 Å². The van der Waals surface area contributed by atoms with E-state index in [1.807, 2.05) is 12.1 Å². The van der Waals surface area contributed by atoms with E-state index in [2.05, 4.69) is 25.7 Å². The van der Waals surface area contributed by atoms with Crippen LogP contribution < -0.4 is 5.73 Å². The molecule has 2 rings (SSSR count). The fraction of sp³-hybridized carbons (Fsp3) is 0.667. The first kappa shape index (κ1) is 16.4. The summed E-state index contributed by atoms with van der Waals surface area (Å²) in [6, 6.07) is 7.14. The van der Waals surface area contributed by atoms with Gasteiger partial charge < -0.3 is 5.73 Å². The molecule has 2 unspecified atom stereocenters. The molecule has 1 aromatic carbocycles. The molecule has 1 aliphatic heterocycles. The molecule has 2 N–H and O–H groups in total. The maximum absolute atomic E-state index is 13.3. The minimum Gasteiger partial charge on any atom is -0.320 e. The van der Waals surface area contributed by atoms with Crippen LogP contribution in [0.4, 0.5) is 4.39 Å². The summed E-state index contributed by atoms with van der Waals surface area (Å²) in [4.78, 5) is 2.53. The van der Waals surface area contributed by atoms with Crippen LogP contribution in [0.3, 0.4) is 0 Å². The summed E-state index contributed by atoms with van der Waals surface area (Å²) in [5.41, 5.74) is 7.61. The SMILES string of the molecule is CCC(N1CCCC1)C(N)(CC(C)C)c1ccc(F)cc1. The van der Waals surface area contributed by atoms with Crippen LogP contribution in [0.2, 0.25) is 0 Å². The quantitative estimate of drug-likeness (QED) is 0.861. The molecule has 2 atom stereocenters. The fourth-order valence-corrected chi connectivity index (χ4v) is 3.88. The zero-order chi connectivity index (χ0) is 15.5. The number of likely N-dealkylation sites (tertiary alicyclic amines) is 1. The number of hydrogen-bond donors (Lipinski definition) is 1. The molecular formula is C18H29FN2. The summed E-state index contributed by atoms with van der Waals surface area (Å²) in [5.74, 6) is 0.316. The Hall–Kier alpha value is -0.930. The van der Waals surface area contributed by atoms with Gasteiger partial charge in [0.15, 0.2) is 0 Å². The number of hydrogen-bond acceptors (Lipinski definition) is 2. The third-order valence-corrected chi connectivity index (χ3v) is 4.69. The van der Waals surface area contributed by atoms with Crippen molar-refractivity contribution in [2.24, 2.45) is 11.7 Å². The zero-order valence-electron chi connectivity index (χ0n) is 13.6. The topological polar surface area (TPSA) is 29.3 Å². The lowest BCUT2D eigenvalue weighted by molar-refractivity contribution is 0.122. The van der Waals surface area contributed by atoms with Gasteiger partial charge in [0.2, 0.25) is 0 Å². The molecule has 1 aromatic rings. The van der Waals surface area contributed by atoms with Crippen molar-refractivity contribution < 1.29 is 4.39 Å². The predicted molar refractivity (Wildman–Crippen MR) is 86.6 cm³/mol. The van der Waals surface area contributed by atoms with E-state index >= 15 is 0 Å². The molecule has 0 amide bonds. The summed E-state index contributed by atoms with van der Waals surface area (Å²) < 4.78 is 13.3. The van der Waals surface area contributed by atoms with Crippen LogP contribution in [-0.2, 0) is 5.54 Å². The molecule has 2 nitrogen and oxygen atoms in total. The third-order valence-electron chi connectivity index (χ3n) is 4.69. The number of nitrogens with zero attached hydrogens (tertiary/aromatic N) is 1. The summed E-state index contributed by atoms with van der Waals surface area (Å²) >= 11 is 0. The highest BCUT2D eigenvalue weighted by molar-refractivity contribution is 5.27. The maximum Gasteiger partial charge on any atom is 0.123 e. The Morgan fingerprint density at radius 1 is 1.19 bits per heavy atom. The fourth-order valence-electron chi connectivity index (χ4n) is 3.88. The van der Waals surface area contributed by atoms with E-state index in [9.17, 15) is 4.39 Å². The summed E-state index contributed by atoms with van der Waals surface area (Å²) in [7, 11) is 0. The first-order valence-corrected chi connectivity index (χ1v) is 8.26. The van der Waals surface area contributed by atoms with Gasteiger partial charge in [0.25, 0.3) is 0 Å². The molecule has 1 fully saturated rings. The Kier molecular flexibility index (Phi) is 5.39. The van der Waals surface area contributed by atoms with Crippen LogP contribution in [0.25, 0.3) is 0 Å². The van der Waals surface area contributed by atoms with Crippen molar-refractivity contribution >= 4 is 0 Å². The molecule has 1 aliphatic rings. The zero-order valence-corrected chi connectivity index (χ0v) is 13.6. The second-order valence-corrected chi connectivity index (χ2v) is 6.81. The van der Waals surface area contributed by atoms with Crippen LogP contribution in [0.5, 0.6) is 0 Å². The number of rotatable bonds is 6. The summed E-state index contributed by atoms with van der Waals surface area (Å²) in [5, 5.41) is 0. The van der Waals surface area contributed by atoms with Gasteiger partial charge >= 0.3 is 0 Å². The first-order valence-electron chi connectivity index (χ1n) is 8.26. The van der Waals surface area contributed by atoms with Crippen LogP contribution in [0.15, 0.2) is 24.3 Å². The smallest absolute Gasteiger partial charge is 0.123 e. The molecular weight excluding hydrogens is 263 g/mol. The van der Waals surface area contributed by atoms with Gasteiger partial charge in [-0.2, -0.15) is 0 Å². The van der Waals surface area contributed by atoms with Crippen molar-refractivity contribution in [3.05, 3.63) is 35.6 Å². The van der Waals surface area contributed by atoms with Gasteiger partial charge in [-0.1, -0.05) is 32.9 Å². The van der Waals surface area contributed by atoms with Gasteiger partial charge in [-0.25, -0.2) is 4.39 Å². The standard InChI is InChI=1S/C18H29FN2/c1-4-17(21-11-5-6-12-21)18(20,13-14(2)3)15-7-9-16(19)10-8-15/h7-10,14,17H,4-6,11-13,20H2,1-3H3. The highest BCUT2D eigenvalue weighted by Gasteiger charge is 2.40. The van der Waals surface area contributed by atoms with Crippen molar-refractivity contribution in [1.82, 2.24) is 4.90 Å². The molecule has 0 spiro atoms. The minimum atomic E-state index is -0.402. The predicted octanol–water partition coefficient (Wildman–Crippen LogP) is 3.90. The Morgan fingerprint density at radius 2 is 1.76 bits per heavy atom. The molecule has 21 heavy (non-hydrogen) atoms. The molecule has 118 valence electrons. The molecule has 0 radical (unpaired) electrons. The summed E-state index contributed by atoms with van der Waals surface area (Å²) in [6.07, 6.45) is 4.48. The number of nitrogens with two attached hydrogens (primary N) is 1. The van der Waals surface area contributed by atoms with Gasteiger partial charge in [0, 0.05) is 6.04 Å². The molecule has 1 heterocycles. The molecule has 1 saturated heterocycles. The Morgan fingerprint density at radius 3 is 2.24 bits per heavy atom. The van der Waals surface area contributed by atoms with Gasteiger partial charge in [0.05, 0.1) is 5.54 Å². The van der Waals surface area contributed by atoms with Crippen molar-refractivity contribution in [2.45, 2.75) is 58.0 Å².